The highest BCUT2D eigenvalue weighted by Crippen LogP contribution is 2.61. The van der Waals surface area contributed by atoms with Crippen molar-refractivity contribution in [1.82, 2.24) is 0 Å². The van der Waals surface area contributed by atoms with Crippen LogP contribution in [0.2, 0.25) is 0 Å². The van der Waals surface area contributed by atoms with Crippen molar-refractivity contribution >= 4 is 11.8 Å². The van der Waals surface area contributed by atoms with Crippen molar-refractivity contribution in [2.24, 2.45) is 29.1 Å². The quantitative estimate of drug-likeness (QED) is 0.726. The lowest BCUT2D eigenvalue weighted by Crippen LogP contribution is -2.33. The lowest BCUT2D eigenvalue weighted by atomic mass is 9.73. The number of hydrogen-bond donors (Lipinski definition) is 0. The van der Waals surface area contributed by atoms with Crippen LogP contribution < -0.4 is 0 Å². The first-order chi connectivity index (χ1) is 10.1. The first-order valence-corrected chi connectivity index (χ1v) is 8.85. The van der Waals surface area contributed by atoms with Crippen molar-refractivity contribution in [2.75, 3.05) is 0 Å². The van der Waals surface area contributed by atoms with Gasteiger partial charge >= 0.3 is 0 Å². The third kappa shape index (κ3) is 2.43. The highest BCUT2D eigenvalue weighted by Gasteiger charge is 2.59. The van der Waals surface area contributed by atoms with Gasteiger partial charge in [-0.3, -0.25) is 0 Å². The zero-order chi connectivity index (χ0) is 15.0. The van der Waals surface area contributed by atoms with Crippen molar-refractivity contribution in [3.63, 3.8) is 0 Å². The van der Waals surface area contributed by atoms with E-state index < -0.39 is 5.41 Å². The summed E-state index contributed by atoms with van der Waals surface area (Å²) in [5, 5.41) is 19.5. The molecule has 0 aromatic rings. The zero-order valence-corrected chi connectivity index (χ0v) is 13.4. The van der Waals surface area contributed by atoms with Crippen LogP contribution in [0.4, 0.5) is 0 Å². The Balaban J connectivity index is 1.71. The summed E-state index contributed by atoms with van der Waals surface area (Å²) in [6.45, 7) is 5.84. The van der Waals surface area contributed by atoms with Gasteiger partial charge in [0.2, 0.25) is 0 Å². The number of nitriles is 2. The van der Waals surface area contributed by atoms with E-state index in [1.54, 1.807) is 11.8 Å². The van der Waals surface area contributed by atoms with Gasteiger partial charge in [0, 0.05) is 10.5 Å². The van der Waals surface area contributed by atoms with Crippen LogP contribution in [-0.2, 0) is 0 Å². The molecule has 0 bridgehead atoms. The van der Waals surface area contributed by atoms with E-state index in [1.807, 2.05) is 13.0 Å². The SMILES string of the molecule is C=CC1SC(C2CC2/C=C/C2CCC2)C(C)(C#N)C1C#N. The van der Waals surface area contributed by atoms with Gasteiger partial charge in [0.15, 0.2) is 0 Å². The minimum absolute atomic E-state index is 0.0986. The van der Waals surface area contributed by atoms with Crippen LogP contribution in [0.15, 0.2) is 24.8 Å². The molecule has 110 valence electrons. The highest BCUT2D eigenvalue weighted by atomic mass is 32.2. The van der Waals surface area contributed by atoms with E-state index in [2.05, 4.69) is 30.9 Å². The van der Waals surface area contributed by atoms with Crippen molar-refractivity contribution in [1.29, 1.82) is 10.5 Å². The Hall–Kier alpha value is -1.19. The predicted octanol–water partition coefficient (Wildman–Crippen LogP) is 4.32. The summed E-state index contributed by atoms with van der Waals surface area (Å²) in [5.41, 5.74) is -0.540. The molecular weight excluding hydrogens is 276 g/mol. The van der Waals surface area contributed by atoms with E-state index in [4.69, 9.17) is 0 Å². The summed E-state index contributed by atoms with van der Waals surface area (Å²) >= 11 is 1.81. The van der Waals surface area contributed by atoms with E-state index in [9.17, 15) is 10.5 Å². The van der Waals surface area contributed by atoms with Crippen LogP contribution in [0.3, 0.4) is 0 Å². The van der Waals surface area contributed by atoms with E-state index in [0.29, 0.717) is 11.8 Å². The van der Waals surface area contributed by atoms with Crippen molar-refractivity contribution < 1.29 is 0 Å². The monoisotopic (exact) mass is 298 g/mol. The maximum absolute atomic E-state index is 9.67. The second-order valence-corrected chi connectivity index (χ2v) is 8.22. The average molecular weight is 298 g/mol. The van der Waals surface area contributed by atoms with Crippen molar-refractivity contribution in [3.05, 3.63) is 24.8 Å². The molecule has 3 rings (SSSR count). The van der Waals surface area contributed by atoms with Gasteiger partial charge < -0.3 is 0 Å². The molecule has 2 aliphatic carbocycles. The van der Waals surface area contributed by atoms with Gasteiger partial charge in [0.25, 0.3) is 0 Å². The third-order valence-corrected chi connectivity index (χ3v) is 7.45. The number of nitrogens with zero attached hydrogens (tertiary/aromatic N) is 2. The molecule has 1 saturated heterocycles. The Labute approximate surface area is 131 Å². The van der Waals surface area contributed by atoms with Gasteiger partial charge in [-0.2, -0.15) is 10.5 Å². The first kappa shape index (κ1) is 14.7. The molecule has 0 aromatic heterocycles. The van der Waals surface area contributed by atoms with Crippen LogP contribution in [-0.4, -0.2) is 10.5 Å². The Bertz CT molecular complexity index is 536. The van der Waals surface area contributed by atoms with Crippen molar-refractivity contribution in [3.8, 4) is 12.1 Å². The Kier molecular flexibility index (Phi) is 3.89. The molecule has 6 unspecified atom stereocenters. The summed E-state index contributed by atoms with van der Waals surface area (Å²) < 4.78 is 0. The normalized spacial score (nSPS) is 45.8. The molecule has 21 heavy (non-hydrogen) atoms. The molecule has 3 aliphatic rings. The van der Waals surface area contributed by atoms with Gasteiger partial charge in [-0.25, -0.2) is 0 Å². The topological polar surface area (TPSA) is 47.6 Å². The lowest BCUT2D eigenvalue weighted by Gasteiger charge is -2.26. The average Bonchev–Trinajstić information content (AvgIpc) is 3.13. The van der Waals surface area contributed by atoms with E-state index in [-0.39, 0.29) is 16.4 Å². The van der Waals surface area contributed by atoms with Crippen molar-refractivity contribution in [2.45, 2.75) is 43.1 Å². The number of rotatable bonds is 4. The summed E-state index contributed by atoms with van der Waals surface area (Å²) in [5.74, 6) is 1.76. The van der Waals surface area contributed by atoms with E-state index in [0.717, 1.165) is 5.92 Å². The molecule has 1 aliphatic heterocycles. The third-order valence-electron chi connectivity index (χ3n) is 5.54. The highest BCUT2D eigenvalue weighted by molar-refractivity contribution is 8.01. The predicted molar refractivity (Wildman–Crippen MR) is 86.3 cm³/mol. The second kappa shape index (κ2) is 5.54. The fourth-order valence-corrected chi connectivity index (χ4v) is 5.67. The van der Waals surface area contributed by atoms with Crippen LogP contribution in [0.5, 0.6) is 0 Å². The Morgan fingerprint density at radius 2 is 2.05 bits per heavy atom. The van der Waals surface area contributed by atoms with Crippen LogP contribution in [0.25, 0.3) is 0 Å². The molecule has 3 fully saturated rings. The first-order valence-electron chi connectivity index (χ1n) is 7.91. The van der Waals surface area contributed by atoms with Gasteiger partial charge in [0.05, 0.1) is 23.5 Å². The molecule has 0 aromatic carbocycles. The maximum atomic E-state index is 9.67. The molecule has 3 heteroatoms. The Morgan fingerprint density at radius 3 is 2.57 bits per heavy atom. The molecule has 0 N–H and O–H groups in total. The number of hydrogen-bond acceptors (Lipinski definition) is 3. The molecule has 6 atom stereocenters. The van der Waals surface area contributed by atoms with E-state index in [1.165, 1.54) is 25.7 Å². The summed E-state index contributed by atoms with van der Waals surface area (Å²) in [6, 6.07) is 4.84. The van der Waals surface area contributed by atoms with Gasteiger partial charge in [0.1, 0.15) is 0 Å². The van der Waals surface area contributed by atoms with Gasteiger partial charge in [-0.15, -0.1) is 18.3 Å². The molecule has 1 heterocycles. The van der Waals surface area contributed by atoms with Crippen LogP contribution >= 0.6 is 11.8 Å². The number of thioether (sulfide) groups is 1. The molecule has 0 radical (unpaired) electrons. The molecule has 0 amide bonds. The van der Waals surface area contributed by atoms with Crippen LogP contribution in [0, 0.1) is 51.7 Å². The zero-order valence-electron chi connectivity index (χ0n) is 12.5. The largest absolute Gasteiger partial charge is 0.198 e. The summed E-state index contributed by atoms with van der Waals surface area (Å²) in [4.78, 5) is 0. The molecule has 2 nitrogen and oxygen atoms in total. The summed E-state index contributed by atoms with van der Waals surface area (Å²) in [6.07, 6.45) is 11.9. The standard InChI is InChI=1S/C18H22N2S/c1-3-16-15(10-19)18(2,11-20)17(21-16)14-9-13(14)8-7-12-5-4-6-12/h3,7-8,12-17H,1,4-6,9H2,2H3/b8-7+. The maximum Gasteiger partial charge on any atom is 0.0838 e. The lowest BCUT2D eigenvalue weighted by molar-refractivity contribution is 0.326. The van der Waals surface area contributed by atoms with E-state index >= 15 is 0 Å². The van der Waals surface area contributed by atoms with Gasteiger partial charge in [-0.1, -0.05) is 24.6 Å². The number of allylic oxidation sites excluding steroid dienone is 2. The minimum atomic E-state index is -0.540. The second-order valence-electron chi connectivity index (χ2n) is 6.90. The smallest absolute Gasteiger partial charge is 0.0838 e. The minimum Gasteiger partial charge on any atom is -0.198 e. The fourth-order valence-electron chi connectivity index (χ4n) is 3.72. The molecule has 2 saturated carbocycles. The molecular formula is C18H22N2S. The molecule has 0 spiro atoms. The Morgan fingerprint density at radius 1 is 1.29 bits per heavy atom. The van der Waals surface area contributed by atoms with Gasteiger partial charge in [-0.05, 0) is 43.9 Å². The fraction of sp³-hybridized carbons (Fsp3) is 0.667. The van der Waals surface area contributed by atoms with Crippen LogP contribution in [0.1, 0.15) is 32.6 Å². The summed E-state index contributed by atoms with van der Waals surface area (Å²) in [7, 11) is 0.